The van der Waals surface area contributed by atoms with Gasteiger partial charge in [-0.25, -0.2) is 4.68 Å². The number of rotatable bonds is 1. The number of benzene rings is 1. The van der Waals surface area contributed by atoms with Gasteiger partial charge in [-0.3, -0.25) is 4.79 Å². The summed E-state index contributed by atoms with van der Waals surface area (Å²) in [5, 5.41) is 5.42. The molecule has 2 heterocycles. The fourth-order valence-electron chi connectivity index (χ4n) is 1.88. The molecule has 0 atom stereocenters. The average Bonchev–Trinajstić information content (AvgIpc) is 2.76. The van der Waals surface area contributed by atoms with E-state index in [0.29, 0.717) is 0 Å². The van der Waals surface area contributed by atoms with Crippen LogP contribution >= 0.6 is 0 Å². The van der Waals surface area contributed by atoms with E-state index in [1.54, 1.807) is 29.9 Å². The van der Waals surface area contributed by atoms with Crippen molar-refractivity contribution in [1.29, 1.82) is 0 Å². The van der Waals surface area contributed by atoms with Crippen molar-refractivity contribution in [2.24, 2.45) is 7.05 Å². The van der Waals surface area contributed by atoms with E-state index in [0.717, 1.165) is 16.6 Å². The first kappa shape index (κ1) is 9.84. The third-order valence-electron chi connectivity index (χ3n) is 2.79. The second-order valence-electron chi connectivity index (χ2n) is 3.95. The van der Waals surface area contributed by atoms with Gasteiger partial charge in [-0.2, -0.15) is 5.10 Å². The fraction of sp³-hybridized carbons (Fsp3) is 0.0769. The Hall–Kier alpha value is -2.36. The van der Waals surface area contributed by atoms with E-state index in [1.807, 2.05) is 35.1 Å². The largest absolute Gasteiger partial charge is 0.316 e. The second-order valence-corrected chi connectivity index (χ2v) is 3.95. The van der Waals surface area contributed by atoms with E-state index in [9.17, 15) is 4.79 Å². The molecule has 4 nitrogen and oxygen atoms in total. The minimum absolute atomic E-state index is 0.0230. The third kappa shape index (κ3) is 1.54. The lowest BCUT2D eigenvalue weighted by Gasteiger charge is -2.04. The zero-order chi connectivity index (χ0) is 11.8. The number of hydrogen-bond acceptors (Lipinski definition) is 2. The highest BCUT2D eigenvalue weighted by molar-refractivity contribution is 5.79. The first-order chi connectivity index (χ1) is 8.25. The quantitative estimate of drug-likeness (QED) is 0.632. The SMILES string of the molecule is Cn1cc(-n2ncc3ccccc32)ccc1=O. The minimum atomic E-state index is -0.0230. The number of pyridine rings is 1. The molecule has 0 fully saturated rings. The maximum Gasteiger partial charge on any atom is 0.250 e. The summed E-state index contributed by atoms with van der Waals surface area (Å²) >= 11 is 0. The second kappa shape index (κ2) is 3.59. The van der Waals surface area contributed by atoms with E-state index in [2.05, 4.69) is 5.10 Å². The van der Waals surface area contributed by atoms with Gasteiger partial charge in [0.1, 0.15) is 0 Å². The highest BCUT2D eigenvalue weighted by Crippen LogP contribution is 2.16. The zero-order valence-corrected chi connectivity index (χ0v) is 9.37. The number of hydrogen-bond donors (Lipinski definition) is 0. The topological polar surface area (TPSA) is 39.8 Å². The lowest BCUT2D eigenvalue weighted by Crippen LogP contribution is -2.15. The Labute approximate surface area is 97.7 Å². The van der Waals surface area contributed by atoms with E-state index >= 15 is 0 Å². The molecule has 0 spiro atoms. The van der Waals surface area contributed by atoms with Gasteiger partial charge < -0.3 is 4.57 Å². The molecule has 0 N–H and O–H groups in total. The Kier molecular flexibility index (Phi) is 2.08. The van der Waals surface area contributed by atoms with Crippen molar-refractivity contribution in [3.8, 4) is 5.69 Å². The highest BCUT2D eigenvalue weighted by atomic mass is 16.1. The molecule has 0 aliphatic heterocycles. The van der Waals surface area contributed by atoms with Crippen LogP contribution in [-0.2, 0) is 7.05 Å². The third-order valence-corrected chi connectivity index (χ3v) is 2.79. The van der Waals surface area contributed by atoms with E-state index in [4.69, 9.17) is 0 Å². The summed E-state index contributed by atoms with van der Waals surface area (Å²) < 4.78 is 3.38. The molecule has 0 saturated heterocycles. The van der Waals surface area contributed by atoms with Gasteiger partial charge in [0.05, 0.1) is 17.4 Å². The van der Waals surface area contributed by atoms with E-state index < -0.39 is 0 Å². The van der Waals surface area contributed by atoms with E-state index in [1.165, 1.54) is 0 Å². The summed E-state index contributed by atoms with van der Waals surface area (Å²) in [6, 6.07) is 11.3. The number of nitrogens with zero attached hydrogens (tertiary/aromatic N) is 3. The highest BCUT2D eigenvalue weighted by Gasteiger charge is 2.04. The fourth-order valence-corrected chi connectivity index (χ4v) is 1.88. The predicted molar refractivity (Wildman–Crippen MR) is 66.3 cm³/mol. The summed E-state index contributed by atoms with van der Waals surface area (Å²) in [6.45, 7) is 0. The monoisotopic (exact) mass is 225 g/mol. The first-order valence-corrected chi connectivity index (χ1v) is 5.35. The number of aromatic nitrogens is 3. The van der Waals surface area contributed by atoms with Crippen molar-refractivity contribution >= 4 is 10.9 Å². The Bertz CT molecular complexity index is 740. The molecule has 4 heteroatoms. The van der Waals surface area contributed by atoms with Crippen LogP contribution in [0.5, 0.6) is 0 Å². The van der Waals surface area contributed by atoms with Gasteiger partial charge in [-0.1, -0.05) is 18.2 Å². The van der Waals surface area contributed by atoms with Gasteiger partial charge in [-0.05, 0) is 12.1 Å². The molecule has 3 rings (SSSR count). The molecule has 0 amide bonds. The van der Waals surface area contributed by atoms with Crippen LogP contribution in [-0.4, -0.2) is 14.3 Å². The molecule has 0 aliphatic carbocycles. The molecular formula is C13H11N3O. The minimum Gasteiger partial charge on any atom is -0.316 e. The predicted octanol–water partition coefficient (Wildman–Crippen LogP) is 1.72. The Morgan fingerprint density at radius 3 is 2.76 bits per heavy atom. The van der Waals surface area contributed by atoms with Crippen molar-refractivity contribution < 1.29 is 0 Å². The molecule has 0 radical (unpaired) electrons. The lowest BCUT2D eigenvalue weighted by molar-refractivity contribution is 0.822. The van der Waals surface area contributed by atoms with Crippen LogP contribution in [0.4, 0.5) is 0 Å². The standard InChI is InChI=1S/C13H11N3O/c1-15-9-11(6-7-13(15)17)16-12-5-3-2-4-10(12)8-14-16/h2-9H,1H3. The molecule has 1 aromatic carbocycles. The van der Waals surface area contributed by atoms with Crippen LogP contribution in [0.1, 0.15) is 0 Å². The molecule has 84 valence electrons. The molecule has 0 unspecified atom stereocenters. The van der Waals surface area contributed by atoms with Gasteiger partial charge in [0, 0.05) is 24.7 Å². The van der Waals surface area contributed by atoms with Gasteiger partial charge in [0.2, 0.25) is 5.56 Å². The number of fused-ring (bicyclic) bond motifs is 1. The zero-order valence-electron chi connectivity index (χ0n) is 9.37. The van der Waals surface area contributed by atoms with Crippen molar-refractivity contribution in [2.45, 2.75) is 0 Å². The summed E-state index contributed by atoms with van der Waals surface area (Å²) in [5.41, 5.74) is 1.89. The number of aryl methyl sites for hydroxylation is 1. The molecule has 0 bridgehead atoms. The van der Waals surface area contributed by atoms with Gasteiger partial charge >= 0.3 is 0 Å². The van der Waals surface area contributed by atoms with Crippen LogP contribution < -0.4 is 5.56 Å². The molecule has 17 heavy (non-hydrogen) atoms. The molecule has 2 aromatic heterocycles. The van der Waals surface area contributed by atoms with Gasteiger partial charge in [0.25, 0.3) is 0 Å². The summed E-state index contributed by atoms with van der Waals surface area (Å²) in [6.07, 6.45) is 3.60. The molecule has 0 saturated carbocycles. The van der Waals surface area contributed by atoms with E-state index in [-0.39, 0.29) is 5.56 Å². The van der Waals surface area contributed by atoms with Crippen LogP contribution in [0.25, 0.3) is 16.6 Å². The van der Waals surface area contributed by atoms with Crippen molar-refractivity contribution in [3.05, 3.63) is 59.1 Å². The van der Waals surface area contributed by atoms with Crippen molar-refractivity contribution in [2.75, 3.05) is 0 Å². The normalized spacial score (nSPS) is 10.9. The maximum atomic E-state index is 11.3. The van der Waals surface area contributed by atoms with Crippen molar-refractivity contribution in [1.82, 2.24) is 14.3 Å². The van der Waals surface area contributed by atoms with Crippen LogP contribution in [0.2, 0.25) is 0 Å². The first-order valence-electron chi connectivity index (χ1n) is 5.35. The number of para-hydroxylation sites is 1. The van der Waals surface area contributed by atoms with Gasteiger partial charge in [0.15, 0.2) is 0 Å². The van der Waals surface area contributed by atoms with Crippen LogP contribution in [0.3, 0.4) is 0 Å². The molecular weight excluding hydrogens is 214 g/mol. The molecule has 0 aliphatic rings. The van der Waals surface area contributed by atoms with Crippen LogP contribution in [0.15, 0.2) is 53.6 Å². The summed E-state index contributed by atoms with van der Waals surface area (Å²) in [7, 11) is 1.73. The summed E-state index contributed by atoms with van der Waals surface area (Å²) in [4.78, 5) is 11.3. The van der Waals surface area contributed by atoms with Crippen LogP contribution in [0, 0.1) is 0 Å². The average molecular weight is 225 g/mol. The van der Waals surface area contributed by atoms with Crippen molar-refractivity contribution in [3.63, 3.8) is 0 Å². The smallest absolute Gasteiger partial charge is 0.250 e. The summed E-state index contributed by atoms with van der Waals surface area (Å²) in [5.74, 6) is 0. The van der Waals surface area contributed by atoms with Gasteiger partial charge in [-0.15, -0.1) is 0 Å². The Morgan fingerprint density at radius 1 is 1.12 bits per heavy atom. The Morgan fingerprint density at radius 2 is 1.94 bits per heavy atom. The Balaban J connectivity index is 2.27. The molecule has 3 aromatic rings. The lowest BCUT2D eigenvalue weighted by atomic mass is 10.2. The maximum absolute atomic E-state index is 11.3.